The van der Waals surface area contributed by atoms with Gasteiger partial charge in [-0.15, -0.1) is 11.3 Å². The smallest absolute Gasteiger partial charge is 0.263 e. The highest BCUT2D eigenvalue weighted by molar-refractivity contribution is 7.13. The number of rotatable bonds is 3. The van der Waals surface area contributed by atoms with E-state index in [-0.39, 0.29) is 18.4 Å². The Balaban J connectivity index is 1.88. The standard InChI is InChI=1S/C12H15ClN2O2S/c1-8-7-18-11(10(8)13)12(17)14-6-9(16)15-4-2-3-5-15/h7H,2-6H2,1H3,(H,14,17). The Labute approximate surface area is 115 Å². The lowest BCUT2D eigenvalue weighted by Crippen LogP contribution is -2.38. The lowest BCUT2D eigenvalue weighted by Gasteiger charge is -2.15. The van der Waals surface area contributed by atoms with Gasteiger partial charge in [0.05, 0.1) is 11.6 Å². The van der Waals surface area contributed by atoms with Gasteiger partial charge >= 0.3 is 0 Å². The summed E-state index contributed by atoms with van der Waals surface area (Å²) in [6, 6.07) is 0. The predicted octanol–water partition coefficient (Wildman–Crippen LogP) is 2.06. The third-order valence-corrected chi connectivity index (χ3v) is 4.66. The number of amides is 2. The molecule has 0 saturated carbocycles. The Bertz CT molecular complexity index is 467. The monoisotopic (exact) mass is 286 g/mol. The Hall–Kier alpha value is -1.07. The molecule has 0 atom stereocenters. The van der Waals surface area contributed by atoms with Crippen LogP contribution in [0.5, 0.6) is 0 Å². The van der Waals surface area contributed by atoms with Gasteiger partial charge < -0.3 is 10.2 Å². The highest BCUT2D eigenvalue weighted by Gasteiger charge is 2.20. The number of nitrogens with zero attached hydrogens (tertiary/aromatic N) is 1. The average molecular weight is 287 g/mol. The summed E-state index contributed by atoms with van der Waals surface area (Å²) in [6.07, 6.45) is 2.10. The highest BCUT2D eigenvalue weighted by atomic mass is 35.5. The molecule has 98 valence electrons. The molecule has 0 aliphatic carbocycles. The van der Waals surface area contributed by atoms with Crippen molar-refractivity contribution in [3.63, 3.8) is 0 Å². The number of carbonyl (C=O) groups is 2. The first-order chi connectivity index (χ1) is 8.59. The Morgan fingerprint density at radius 1 is 1.44 bits per heavy atom. The molecule has 4 nitrogen and oxygen atoms in total. The number of nitrogens with one attached hydrogen (secondary N) is 1. The van der Waals surface area contributed by atoms with Crippen molar-refractivity contribution in [2.45, 2.75) is 19.8 Å². The van der Waals surface area contributed by atoms with Crippen LogP contribution in [0.25, 0.3) is 0 Å². The summed E-state index contributed by atoms with van der Waals surface area (Å²) in [4.78, 5) is 25.8. The van der Waals surface area contributed by atoms with Gasteiger partial charge in [-0.1, -0.05) is 11.6 Å². The lowest BCUT2D eigenvalue weighted by atomic mass is 10.3. The molecule has 1 aliphatic rings. The van der Waals surface area contributed by atoms with Gasteiger partial charge in [-0.3, -0.25) is 9.59 Å². The molecule has 0 spiro atoms. The van der Waals surface area contributed by atoms with Gasteiger partial charge in [0, 0.05) is 13.1 Å². The Morgan fingerprint density at radius 3 is 2.67 bits per heavy atom. The van der Waals surface area contributed by atoms with Gasteiger partial charge in [-0.2, -0.15) is 0 Å². The van der Waals surface area contributed by atoms with Crippen LogP contribution >= 0.6 is 22.9 Å². The van der Waals surface area contributed by atoms with Gasteiger partial charge in [0.15, 0.2) is 0 Å². The van der Waals surface area contributed by atoms with Gasteiger partial charge in [-0.05, 0) is 30.7 Å². The number of hydrogen-bond donors (Lipinski definition) is 1. The number of halogens is 1. The normalized spacial score (nSPS) is 14.9. The molecule has 2 heterocycles. The molecule has 18 heavy (non-hydrogen) atoms. The predicted molar refractivity (Wildman–Crippen MR) is 72.2 cm³/mol. The van der Waals surface area contributed by atoms with E-state index in [1.807, 2.05) is 12.3 Å². The molecule has 6 heteroatoms. The van der Waals surface area contributed by atoms with E-state index in [0.29, 0.717) is 9.90 Å². The van der Waals surface area contributed by atoms with Crippen LogP contribution in [0.1, 0.15) is 28.1 Å². The van der Waals surface area contributed by atoms with Crippen LogP contribution in [0.3, 0.4) is 0 Å². The number of hydrogen-bond acceptors (Lipinski definition) is 3. The van der Waals surface area contributed by atoms with E-state index in [4.69, 9.17) is 11.6 Å². The van der Waals surface area contributed by atoms with E-state index in [2.05, 4.69) is 5.32 Å². The molecule has 1 aromatic rings. The van der Waals surface area contributed by atoms with Gasteiger partial charge in [0.1, 0.15) is 4.88 Å². The van der Waals surface area contributed by atoms with Crippen molar-refractivity contribution in [3.8, 4) is 0 Å². The van der Waals surface area contributed by atoms with E-state index in [1.165, 1.54) is 11.3 Å². The quantitative estimate of drug-likeness (QED) is 0.925. The lowest BCUT2D eigenvalue weighted by molar-refractivity contribution is -0.129. The second-order valence-corrected chi connectivity index (χ2v) is 5.59. The molecule has 1 aliphatic heterocycles. The molecule has 0 bridgehead atoms. The number of thiophene rings is 1. The molecular formula is C12H15ClN2O2S. The molecule has 1 N–H and O–H groups in total. The first-order valence-corrected chi connectivity index (χ1v) is 7.15. The third-order valence-electron chi connectivity index (χ3n) is 2.96. The van der Waals surface area contributed by atoms with Crippen molar-refractivity contribution in [1.82, 2.24) is 10.2 Å². The van der Waals surface area contributed by atoms with Gasteiger partial charge in [0.2, 0.25) is 5.91 Å². The fourth-order valence-electron chi connectivity index (χ4n) is 1.90. The van der Waals surface area contributed by atoms with Crippen molar-refractivity contribution < 1.29 is 9.59 Å². The molecule has 0 unspecified atom stereocenters. The summed E-state index contributed by atoms with van der Waals surface area (Å²) in [5.41, 5.74) is 0.887. The molecular weight excluding hydrogens is 272 g/mol. The Morgan fingerprint density at radius 2 is 2.11 bits per heavy atom. The zero-order valence-corrected chi connectivity index (χ0v) is 11.7. The maximum Gasteiger partial charge on any atom is 0.263 e. The Kier molecular flexibility index (Phi) is 4.24. The second-order valence-electron chi connectivity index (χ2n) is 4.33. The molecule has 2 amide bonds. The fourth-order valence-corrected chi connectivity index (χ4v) is 3.09. The van der Waals surface area contributed by atoms with Crippen molar-refractivity contribution in [2.75, 3.05) is 19.6 Å². The van der Waals surface area contributed by atoms with E-state index >= 15 is 0 Å². The number of likely N-dealkylation sites (tertiary alicyclic amines) is 1. The maximum absolute atomic E-state index is 11.8. The second kappa shape index (κ2) is 5.71. The summed E-state index contributed by atoms with van der Waals surface area (Å²) in [6.45, 7) is 3.50. The minimum absolute atomic E-state index is 0.0229. The highest BCUT2D eigenvalue weighted by Crippen LogP contribution is 2.26. The molecule has 1 saturated heterocycles. The van der Waals surface area contributed by atoms with Crippen LogP contribution in [-0.2, 0) is 4.79 Å². The summed E-state index contributed by atoms with van der Waals surface area (Å²) < 4.78 is 0. The van der Waals surface area contributed by atoms with Crippen LogP contribution in [0, 0.1) is 6.92 Å². The molecule has 0 aromatic carbocycles. The van der Waals surface area contributed by atoms with Crippen LogP contribution in [-0.4, -0.2) is 36.3 Å². The van der Waals surface area contributed by atoms with E-state index in [1.54, 1.807) is 4.90 Å². The summed E-state index contributed by atoms with van der Waals surface area (Å²) in [7, 11) is 0. The van der Waals surface area contributed by atoms with E-state index in [9.17, 15) is 9.59 Å². The molecule has 0 radical (unpaired) electrons. The fraction of sp³-hybridized carbons (Fsp3) is 0.500. The maximum atomic E-state index is 11.8. The summed E-state index contributed by atoms with van der Waals surface area (Å²) in [5, 5.41) is 4.94. The van der Waals surface area contributed by atoms with Crippen LogP contribution in [0.15, 0.2) is 5.38 Å². The molecule has 1 fully saturated rings. The summed E-state index contributed by atoms with van der Waals surface area (Å²) in [5.74, 6) is -0.295. The van der Waals surface area contributed by atoms with Crippen molar-refractivity contribution in [3.05, 3.63) is 20.8 Å². The third kappa shape index (κ3) is 2.84. The average Bonchev–Trinajstić information content (AvgIpc) is 2.98. The van der Waals surface area contributed by atoms with Crippen molar-refractivity contribution >= 4 is 34.8 Å². The van der Waals surface area contributed by atoms with Crippen LogP contribution in [0.2, 0.25) is 5.02 Å². The van der Waals surface area contributed by atoms with E-state index < -0.39 is 0 Å². The largest absolute Gasteiger partial charge is 0.342 e. The zero-order valence-electron chi connectivity index (χ0n) is 10.2. The van der Waals surface area contributed by atoms with Crippen molar-refractivity contribution in [1.29, 1.82) is 0 Å². The number of carbonyl (C=O) groups excluding carboxylic acids is 2. The van der Waals surface area contributed by atoms with E-state index in [0.717, 1.165) is 31.5 Å². The van der Waals surface area contributed by atoms with Crippen LogP contribution < -0.4 is 5.32 Å². The topological polar surface area (TPSA) is 49.4 Å². The van der Waals surface area contributed by atoms with Crippen molar-refractivity contribution in [2.24, 2.45) is 0 Å². The first-order valence-electron chi connectivity index (χ1n) is 5.89. The molecule has 2 rings (SSSR count). The van der Waals surface area contributed by atoms with Gasteiger partial charge in [-0.25, -0.2) is 0 Å². The first kappa shape index (κ1) is 13.4. The van der Waals surface area contributed by atoms with Gasteiger partial charge in [0.25, 0.3) is 5.91 Å². The number of aryl methyl sites for hydroxylation is 1. The van der Waals surface area contributed by atoms with Crippen LogP contribution in [0.4, 0.5) is 0 Å². The summed E-state index contributed by atoms with van der Waals surface area (Å²) >= 11 is 7.30. The SMILES string of the molecule is Cc1csc(C(=O)NCC(=O)N2CCCC2)c1Cl. The minimum Gasteiger partial charge on any atom is -0.342 e. The molecule has 1 aromatic heterocycles. The minimum atomic E-state index is -0.273. The zero-order chi connectivity index (χ0) is 13.1.